The fourth-order valence-electron chi connectivity index (χ4n) is 1.60. The van der Waals surface area contributed by atoms with Gasteiger partial charge in [-0.2, -0.15) is 0 Å². The van der Waals surface area contributed by atoms with E-state index in [2.05, 4.69) is 26.6 Å². The van der Waals surface area contributed by atoms with E-state index >= 15 is 0 Å². The number of amides is 1. The van der Waals surface area contributed by atoms with Crippen LogP contribution in [0.5, 0.6) is 5.75 Å². The number of hydrogen-bond acceptors (Lipinski definition) is 4. The van der Waals surface area contributed by atoms with Gasteiger partial charge in [-0.1, -0.05) is 15.9 Å². The summed E-state index contributed by atoms with van der Waals surface area (Å²) in [6.45, 7) is 2.51. The van der Waals surface area contributed by atoms with Gasteiger partial charge in [0.05, 0.1) is 19.6 Å². The summed E-state index contributed by atoms with van der Waals surface area (Å²) in [5.41, 5.74) is 1.05. The van der Waals surface area contributed by atoms with E-state index in [1.165, 1.54) is 0 Å². The van der Waals surface area contributed by atoms with Gasteiger partial charge in [-0.25, -0.2) is 0 Å². The first-order chi connectivity index (χ1) is 9.67. The lowest BCUT2D eigenvalue weighted by Gasteiger charge is -2.12. The zero-order valence-electron chi connectivity index (χ0n) is 11.9. The third-order valence-corrected chi connectivity index (χ3v) is 3.18. The number of nitrogens with one attached hydrogen (secondary N) is 2. The molecule has 0 bridgehead atoms. The normalized spacial score (nSPS) is 10.3. The van der Waals surface area contributed by atoms with Crippen LogP contribution in [0.2, 0.25) is 0 Å². The average Bonchev–Trinajstić information content (AvgIpc) is 2.45. The van der Waals surface area contributed by atoms with Crippen LogP contribution in [0.4, 0.5) is 0 Å². The number of halogens is 1. The van der Waals surface area contributed by atoms with Gasteiger partial charge in [-0.15, -0.1) is 0 Å². The molecule has 0 spiro atoms. The second-order valence-electron chi connectivity index (χ2n) is 4.19. The van der Waals surface area contributed by atoms with Gasteiger partial charge in [0, 0.05) is 37.3 Å². The minimum Gasteiger partial charge on any atom is -0.493 e. The van der Waals surface area contributed by atoms with Crippen molar-refractivity contribution in [1.82, 2.24) is 10.6 Å². The van der Waals surface area contributed by atoms with E-state index in [1.807, 2.05) is 18.2 Å². The molecule has 0 fully saturated rings. The maximum absolute atomic E-state index is 11.2. The summed E-state index contributed by atoms with van der Waals surface area (Å²) in [7, 11) is 3.29. The molecule has 112 valence electrons. The Labute approximate surface area is 128 Å². The Kier molecular flexibility index (Phi) is 8.25. The van der Waals surface area contributed by atoms with E-state index < -0.39 is 0 Å². The number of carbonyl (C=O) groups excluding carboxylic acids is 1. The maximum Gasteiger partial charge on any atom is 0.223 e. The molecule has 0 radical (unpaired) electrons. The summed E-state index contributed by atoms with van der Waals surface area (Å²) in [6.07, 6.45) is 0.350. The highest BCUT2D eigenvalue weighted by atomic mass is 79.9. The molecule has 5 nitrogen and oxygen atoms in total. The lowest BCUT2D eigenvalue weighted by molar-refractivity contribution is -0.121. The molecule has 20 heavy (non-hydrogen) atoms. The van der Waals surface area contributed by atoms with Crippen molar-refractivity contribution >= 4 is 21.8 Å². The second kappa shape index (κ2) is 9.74. The van der Waals surface area contributed by atoms with Crippen LogP contribution in [0.25, 0.3) is 0 Å². The minimum absolute atomic E-state index is 0.0260. The van der Waals surface area contributed by atoms with Crippen LogP contribution in [-0.4, -0.2) is 39.8 Å². The van der Waals surface area contributed by atoms with Gasteiger partial charge in [0.1, 0.15) is 5.75 Å². The van der Waals surface area contributed by atoms with Gasteiger partial charge in [0.2, 0.25) is 5.91 Å². The van der Waals surface area contributed by atoms with Gasteiger partial charge in [-0.05, 0) is 18.2 Å². The molecule has 2 N–H and O–H groups in total. The monoisotopic (exact) mass is 344 g/mol. The van der Waals surface area contributed by atoms with Crippen LogP contribution < -0.4 is 15.4 Å². The smallest absolute Gasteiger partial charge is 0.223 e. The van der Waals surface area contributed by atoms with Crippen molar-refractivity contribution in [1.29, 1.82) is 0 Å². The van der Waals surface area contributed by atoms with E-state index in [0.29, 0.717) is 26.2 Å². The van der Waals surface area contributed by atoms with Gasteiger partial charge in [-0.3, -0.25) is 4.79 Å². The number of benzene rings is 1. The van der Waals surface area contributed by atoms with Crippen molar-refractivity contribution in [3.63, 3.8) is 0 Å². The van der Waals surface area contributed by atoms with Crippen LogP contribution in [0.15, 0.2) is 22.7 Å². The number of rotatable bonds is 9. The van der Waals surface area contributed by atoms with Crippen LogP contribution >= 0.6 is 15.9 Å². The first-order valence-corrected chi connectivity index (χ1v) is 7.28. The Morgan fingerprint density at radius 1 is 1.35 bits per heavy atom. The number of ether oxygens (including phenoxy) is 2. The Hall–Kier alpha value is -1.11. The van der Waals surface area contributed by atoms with Crippen LogP contribution in [0.3, 0.4) is 0 Å². The topological polar surface area (TPSA) is 59.6 Å². The summed E-state index contributed by atoms with van der Waals surface area (Å²) >= 11 is 3.45. The summed E-state index contributed by atoms with van der Waals surface area (Å²) in [4.78, 5) is 11.2. The van der Waals surface area contributed by atoms with Crippen molar-refractivity contribution in [3.05, 3.63) is 28.2 Å². The van der Waals surface area contributed by atoms with Crippen LogP contribution in [0, 0.1) is 0 Å². The fourth-order valence-corrected chi connectivity index (χ4v) is 2.01. The third-order valence-electron chi connectivity index (χ3n) is 2.69. The molecule has 0 aliphatic carbocycles. The van der Waals surface area contributed by atoms with Crippen molar-refractivity contribution in [2.45, 2.75) is 13.0 Å². The predicted octanol–water partition coefficient (Wildman–Crippen LogP) is 1.70. The Morgan fingerprint density at radius 2 is 2.15 bits per heavy atom. The molecule has 1 rings (SSSR count). The van der Waals surface area contributed by atoms with E-state index in [-0.39, 0.29) is 5.91 Å². The van der Waals surface area contributed by atoms with Crippen molar-refractivity contribution in [3.8, 4) is 5.75 Å². The average molecular weight is 345 g/mol. The largest absolute Gasteiger partial charge is 0.493 e. The zero-order chi connectivity index (χ0) is 14.8. The molecule has 1 aromatic rings. The molecule has 1 aromatic carbocycles. The van der Waals surface area contributed by atoms with E-state index in [4.69, 9.17) is 9.47 Å². The third kappa shape index (κ3) is 6.36. The van der Waals surface area contributed by atoms with Crippen molar-refractivity contribution in [2.75, 3.05) is 33.9 Å². The standard InChI is InChI=1S/C14H21BrN2O3/c1-16-14(18)5-7-20-13-4-3-12(15)9-11(13)10-17-6-8-19-2/h3-4,9,17H,5-8,10H2,1-2H3,(H,16,18). The van der Waals surface area contributed by atoms with E-state index in [0.717, 1.165) is 22.3 Å². The minimum atomic E-state index is -0.0260. The van der Waals surface area contributed by atoms with Crippen molar-refractivity contribution < 1.29 is 14.3 Å². The van der Waals surface area contributed by atoms with Gasteiger partial charge >= 0.3 is 0 Å². The molecule has 0 aliphatic rings. The first-order valence-electron chi connectivity index (χ1n) is 6.49. The molecule has 6 heteroatoms. The highest BCUT2D eigenvalue weighted by Crippen LogP contribution is 2.23. The zero-order valence-corrected chi connectivity index (χ0v) is 13.5. The number of methoxy groups -OCH3 is 1. The summed E-state index contributed by atoms with van der Waals surface area (Å²) in [5.74, 6) is 0.768. The second-order valence-corrected chi connectivity index (χ2v) is 5.11. The van der Waals surface area contributed by atoms with Gasteiger partial charge in [0.15, 0.2) is 0 Å². The highest BCUT2D eigenvalue weighted by Gasteiger charge is 2.06. The Bertz CT molecular complexity index is 427. The Balaban J connectivity index is 2.53. The maximum atomic E-state index is 11.2. The van der Waals surface area contributed by atoms with Crippen LogP contribution in [-0.2, 0) is 16.1 Å². The lowest BCUT2D eigenvalue weighted by Crippen LogP contribution is -2.21. The summed E-state index contributed by atoms with van der Waals surface area (Å²) < 4.78 is 11.7. The molecule has 0 unspecified atom stereocenters. The van der Waals surface area contributed by atoms with E-state index in [1.54, 1.807) is 14.2 Å². The quantitative estimate of drug-likeness (QED) is 0.669. The molecule has 0 saturated heterocycles. The van der Waals surface area contributed by atoms with E-state index in [9.17, 15) is 4.79 Å². The number of carbonyl (C=O) groups is 1. The molecule has 0 aromatic heterocycles. The molecule has 0 aliphatic heterocycles. The molecule has 1 amide bonds. The molecule has 0 heterocycles. The fraction of sp³-hybridized carbons (Fsp3) is 0.500. The van der Waals surface area contributed by atoms with Crippen LogP contribution in [0.1, 0.15) is 12.0 Å². The Morgan fingerprint density at radius 3 is 2.85 bits per heavy atom. The van der Waals surface area contributed by atoms with Gasteiger partial charge in [0.25, 0.3) is 0 Å². The molecular weight excluding hydrogens is 324 g/mol. The SMILES string of the molecule is CNC(=O)CCOc1ccc(Br)cc1CNCCOC. The van der Waals surface area contributed by atoms with Gasteiger partial charge < -0.3 is 20.1 Å². The predicted molar refractivity (Wildman–Crippen MR) is 81.9 cm³/mol. The molecule has 0 saturated carbocycles. The highest BCUT2D eigenvalue weighted by molar-refractivity contribution is 9.10. The molecule has 0 atom stereocenters. The molecular formula is C14H21BrN2O3. The lowest BCUT2D eigenvalue weighted by atomic mass is 10.2. The number of hydrogen-bond donors (Lipinski definition) is 2. The first kappa shape index (κ1) is 16.9. The van der Waals surface area contributed by atoms with Crippen molar-refractivity contribution in [2.24, 2.45) is 0 Å². The summed E-state index contributed by atoms with van der Waals surface area (Å²) in [5, 5.41) is 5.85. The summed E-state index contributed by atoms with van der Waals surface area (Å²) in [6, 6.07) is 5.84.